The smallest absolute Gasteiger partial charge is 0.140 e. The van der Waals surface area contributed by atoms with Gasteiger partial charge in [-0.15, -0.1) is 11.6 Å². The van der Waals surface area contributed by atoms with Gasteiger partial charge in [-0.3, -0.25) is 4.90 Å². The number of hydrogen-bond acceptors (Lipinski definition) is 3. The highest BCUT2D eigenvalue weighted by Gasteiger charge is 2.05. The molecule has 0 unspecified atom stereocenters. The Morgan fingerprint density at radius 1 is 1.38 bits per heavy atom. The molecule has 0 spiro atoms. The van der Waals surface area contributed by atoms with E-state index in [-0.39, 0.29) is 0 Å². The summed E-state index contributed by atoms with van der Waals surface area (Å²) in [6, 6.07) is 0. The van der Waals surface area contributed by atoms with Crippen molar-refractivity contribution in [2.24, 2.45) is 0 Å². The molecule has 0 saturated heterocycles. The Hall–Kier alpha value is -0.610. The monoisotopic (exact) mass is 244 g/mol. The van der Waals surface area contributed by atoms with Gasteiger partial charge in [-0.2, -0.15) is 5.10 Å². The van der Waals surface area contributed by atoms with Crippen molar-refractivity contribution < 1.29 is 0 Å². The van der Waals surface area contributed by atoms with E-state index < -0.39 is 0 Å². The number of aromatic nitrogens is 3. The molecule has 1 heterocycles. The number of alkyl halides is 1. The molecule has 0 aromatic carbocycles. The Bertz CT molecular complexity index is 287. The summed E-state index contributed by atoms with van der Waals surface area (Å²) in [6.45, 7) is 4.93. The normalized spacial score (nSPS) is 11.2. The minimum atomic E-state index is 0.772. The van der Waals surface area contributed by atoms with Gasteiger partial charge >= 0.3 is 0 Å². The molecule has 1 aromatic heterocycles. The summed E-state index contributed by atoms with van der Waals surface area (Å²) in [5.74, 6) is 1.82. The van der Waals surface area contributed by atoms with E-state index in [1.165, 1.54) is 12.8 Å². The summed E-state index contributed by atoms with van der Waals surface area (Å²) in [7, 11) is 2.12. The average Bonchev–Trinajstić information content (AvgIpc) is 2.71. The molecule has 0 fully saturated rings. The molecule has 0 aliphatic carbocycles. The molecule has 1 rings (SSSR count). The van der Waals surface area contributed by atoms with Gasteiger partial charge in [0.25, 0.3) is 0 Å². The highest BCUT2D eigenvalue weighted by atomic mass is 35.5. The lowest BCUT2D eigenvalue weighted by molar-refractivity contribution is 0.303. The lowest BCUT2D eigenvalue weighted by atomic mass is 10.2. The van der Waals surface area contributed by atoms with Crippen molar-refractivity contribution in [3.8, 4) is 0 Å². The number of unbranched alkanes of at least 4 members (excludes halogenated alkanes) is 2. The molecule has 0 bridgehead atoms. The zero-order valence-corrected chi connectivity index (χ0v) is 10.9. The van der Waals surface area contributed by atoms with Crippen molar-refractivity contribution in [3.63, 3.8) is 0 Å². The Kier molecular flexibility index (Phi) is 6.42. The maximum Gasteiger partial charge on any atom is 0.140 e. The highest BCUT2D eigenvalue weighted by Crippen LogP contribution is 2.03. The molecule has 1 aromatic rings. The maximum absolute atomic E-state index is 5.64. The van der Waals surface area contributed by atoms with Crippen molar-refractivity contribution in [1.29, 1.82) is 0 Å². The first kappa shape index (κ1) is 13.5. The fourth-order valence-corrected chi connectivity index (χ4v) is 1.84. The number of rotatable bonds is 8. The predicted molar refractivity (Wildman–Crippen MR) is 66.6 cm³/mol. The molecule has 0 atom stereocenters. The van der Waals surface area contributed by atoms with Crippen LogP contribution >= 0.6 is 11.6 Å². The van der Waals surface area contributed by atoms with Gasteiger partial charge in [0.1, 0.15) is 12.2 Å². The van der Waals surface area contributed by atoms with Gasteiger partial charge in [-0.1, -0.05) is 6.42 Å². The van der Waals surface area contributed by atoms with Crippen LogP contribution in [0.5, 0.6) is 0 Å². The van der Waals surface area contributed by atoms with Gasteiger partial charge in [0.05, 0.1) is 6.54 Å². The highest BCUT2D eigenvalue weighted by molar-refractivity contribution is 6.17. The van der Waals surface area contributed by atoms with E-state index in [2.05, 4.69) is 29.0 Å². The van der Waals surface area contributed by atoms with E-state index in [1.54, 1.807) is 6.33 Å². The van der Waals surface area contributed by atoms with E-state index >= 15 is 0 Å². The van der Waals surface area contributed by atoms with E-state index in [1.807, 2.05) is 4.68 Å². The minimum Gasteiger partial charge on any atom is -0.299 e. The van der Waals surface area contributed by atoms with E-state index in [0.717, 1.165) is 37.8 Å². The zero-order valence-electron chi connectivity index (χ0n) is 10.2. The first-order valence-corrected chi connectivity index (χ1v) is 6.42. The quantitative estimate of drug-likeness (QED) is 0.519. The third-order valence-corrected chi connectivity index (χ3v) is 2.85. The SMILES string of the molecule is CCn1ncnc1CN(C)CCCCCCl. The average molecular weight is 245 g/mol. The molecule has 0 saturated carbocycles. The third-order valence-electron chi connectivity index (χ3n) is 2.58. The molecule has 0 aliphatic heterocycles. The van der Waals surface area contributed by atoms with Gasteiger partial charge in [-0.25, -0.2) is 9.67 Å². The second-order valence-corrected chi connectivity index (χ2v) is 4.36. The standard InChI is InChI=1S/C11H21ClN4/c1-3-16-11(13-10-14-16)9-15(2)8-6-4-5-7-12/h10H,3-9H2,1-2H3. The van der Waals surface area contributed by atoms with Gasteiger partial charge in [0.15, 0.2) is 0 Å². The molecule has 0 radical (unpaired) electrons. The molecule has 0 N–H and O–H groups in total. The molecule has 5 heteroatoms. The van der Waals surface area contributed by atoms with Crippen molar-refractivity contribution in [3.05, 3.63) is 12.2 Å². The zero-order chi connectivity index (χ0) is 11.8. The molecule has 92 valence electrons. The fraction of sp³-hybridized carbons (Fsp3) is 0.818. The van der Waals surface area contributed by atoms with Crippen LogP contribution in [0.3, 0.4) is 0 Å². The van der Waals surface area contributed by atoms with Crippen LogP contribution in [0.25, 0.3) is 0 Å². The van der Waals surface area contributed by atoms with E-state index in [0.29, 0.717) is 0 Å². The van der Waals surface area contributed by atoms with E-state index in [4.69, 9.17) is 11.6 Å². The summed E-state index contributed by atoms with van der Waals surface area (Å²) >= 11 is 5.64. The number of halogens is 1. The van der Waals surface area contributed by atoms with Crippen LogP contribution in [0.1, 0.15) is 32.0 Å². The number of aryl methyl sites for hydroxylation is 1. The van der Waals surface area contributed by atoms with Crippen LogP contribution in [0.15, 0.2) is 6.33 Å². The second-order valence-electron chi connectivity index (χ2n) is 3.98. The van der Waals surface area contributed by atoms with Crippen molar-refractivity contribution in [2.45, 2.75) is 39.3 Å². The Morgan fingerprint density at radius 3 is 2.88 bits per heavy atom. The van der Waals surface area contributed by atoms with Crippen molar-refractivity contribution in [1.82, 2.24) is 19.7 Å². The maximum atomic E-state index is 5.64. The molecule has 4 nitrogen and oxygen atoms in total. The number of hydrogen-bond donors (Lipinski definition) is 0. The molecule has 0 amide bonds. The van der Waals surface area contributed by atoms with Gasteiger partial charge in [-0.05, 0) is 33.4 Å². The van der Waals surface area contributed by atoms with Crippen LogP contribution in [0.4, 0.5) is 0 Å². The molecule has 16 heavy (non-hydrogen) atoms. The van der Waals surface area contributed by atoms with Crippen LogP contribution < -0.4 is 0 Å². The molecular formula is C11H21ClN4. The molecular weight excluding hydrogens is 224 g/mol. The summed E-state index contributed by atoms with van der Waals surface area (Å²) in [4.78, 5) is 6.54. The Labute approximate surface area is 103 Å². The van der Waals surface area contributed by atoms with Crippen LogP contribution in [0, 0.1) is 0 Å². The first-order valence-electron chi connectivity index (χ1n) is 5.89. The summed E-state index contributed by atoms with van der Waals surface area (Å²) < 4.78 is 1.94. The second kappa shape index (κ2) is 7.63. The van der Waals surface area contributed by atoms with Crippen molar-refractivity contribution in [2.75, 3.05) is 19.5 Å². The predicted octanol–water partition coefficient (Wildman–Crippen LogP) is 2.14. The first-order chi connectivity index (χ1) is 7.77. The Balaban J connectivity index is 2.25. The lowest BCUT2D eigenvalue weighted by Gasteiger charge is -2.15. The van der Waals surface area contributed by atoms with Crippen LogP contribution in [-0.4, -0.2) is 39.1 Å². The summed E-state index contributed by atoms with van der Waals surface area (Å²) in [5, 5.41) is 4.16. The topological polar surface area (TPSA) is 34.0 Å². The lowest BCUT2D eigenvalue weighted by Crippen LogP contribution is -2.21. The fourth-order valence-electron chi connectivity index (χ4n) is 1.65. The molecule has 0 aliphatic rings. The van der Waals surface area contributed by atoms with Crippen LogP contribution in [-0.2, 0) is 13.1 Å². The van der Waals surface area contributed by atoms with Crippen molar-refractivity contribution >= 4 is 11.6 Å². The van der Waals surface area contributed by atoms with E-state index in [9.17, 15) is 0 Å². The number of nitrogens with zero attached hydrogens (tertiary/aromatic N) is 4. The van der Waals surface area contributed by atoms with Gasteiger partial charge in [0.2, 0.25) is 0 Å². The summed E-state index contributed by atoms with van der Waals surface area (Å²) in [6.07, 6.45) is 5.14. The third kappa shape index (κ3) is 4.49. The minimum absolute atomic E-state index is 0.772. The van der Waals surface area contributed by atoms with Gasteiger partial charge < -0.3 is 0 Å². The van der Waals surface area contributed by atoms with Crippen LogP contribution in [0.2, 0.25) is 0 Å². The summed E-state index contributed by atoms with van der Waals surface area (Å²) in [5.41, 5.74) is 0. The van der Waals surface area contributed by atoms with Gasteiger partial charge in [0, 0.05) is 12.4 Å². The Morgan fingerprint density at radius 2 is 2.19 bits per heavy atom. The largest absolute Gasteiger partial charge is 0.299 e.